The van der Waals surface area contributed by atoms with E-state index in [1.54, 1.807) is 17.5 Å². The normalized spacial score (nSPS) is 17.5. The summed E-state index contributed by atoms with van der Waals surface area (Å²) in [4.78, 5) is 22.3. The molecule has 1 amide bonds. The number of amides is 1. The third-order valence-corrected chi connectivity index (χ3v) is 5.63. The number of aryl methyl sites for hydroxylation is 1. The third-order valence-electron chi connectivity index (χ3n) is 4.56. The van der Waals surface area contributed by atoms with Gasteiger partial charge in [0.1, 0.15) is 0 Å². The molecule has 0 saturated carbocycles. The van der Waals surface area contributed by atoms with Gasteiger partial charge in [-0.3, -0.25) is 9.20 Å². The summed E-state index contributed by atoms with van der Waals surface area (Å²) in [5, 5.41) is 8.48. The molecule has 136 valence electrons. The molecule has 3 aromatic rings. The van der Waals surface area contributed by atoms with Crippen LogP contribution in [0.1, 0.15) is 24.1 Å². The summed E-state index contributed by atoms with van der Waals surface area (Å²) in [6.45, 7) is 3.91. The fraction of sp³-hybridized carbons (Fsp3) is 0.389. The van der Waals surface area contributed by atoms with Crippen molar-refractivity contribution in [1.82, 2.24) is 25.0 Å². The number of anilines is 1. The molecular weight excluding hydrogens is 348 g/mol. The molecule has 0 aromatic carbocycles. The van der Waals surface area contributed by atoms with Crippen LogP contribution in [0.4, 0.5) is 5.82 Å². The van der Waals surface area contributed by atoms with E-state index in [1.807, 2.05) is 10.6 Å². The minimum Gasteiger partial charge on any atom is -0.381 e. The summed E-state index contributed by atoms with van der Waals surface area (Å²) < 4.78 is 1.93. The van der Waals surface area contributed by atoms with Gasteiger partial charge in [-0.1, -0.05) is 0 Å². The van der Waals surface area contributed by atoms with Crippen LogP contribution in [-0.4, -0.2) is 39.4 Å². The number of aromatic nitrogens is 3. The highest BCUT2D eigenvalue weighted by Crippen LogP contribution is 2.28. The number of fused-ring (bicyclic) bond motifs is 1. The Morgan fingerprint density at radius 3 is 3.15 bits per heavy atom. The van der Waals surface area contributed by atoms with Crippen LogP contribution in [0.15, 0.2) is 23.8 Å². The van der Waals surface area contributed by atoms with Gasteiger partial charge in [0, 0.05) is 18.8 Å². The second-order valence-electron chi connectivity index (χ2n) is 6.73. The second kappa shape index (κ2) is 7.05. The lowest BCUT2D eigenvalue weighted by Gasteiger charge is -2.23. The minimum atomic E-state index is -0.0119. The Bertz CT molecular complexity index is 940. The number of carbonyl (C=O) groups is 1. The average molecular weight is 370 g/mol. The zero-order chi connectivity index (χ0) is 18.1. The molecule has 0 bridgehead atoms. The number of nitrogens with two attached hydrogens (primary N) is 1. The van der Waals surface area contributed by atoms with Gasteiger partial charge in [-0.15, -0.1) is 11.3 Å². The Labute approximate surface area is 155 Å². The fourth-order valence-corrected chi connectivity index (χ4v) is 4.20. The maximum absolute atomic E-state index is 12.4. The van der Waals surface area contributed by atoms with Gasteiger partial charge in [0.05, 0.1) is 28.9 Å². The lowest BCUT2D eigenvalue weighted by Crippen LogP contribution is -2.46. The van der Waals surface area contributed by atoms with Crippen LogP contribution in [0, 0.1) is 6.92 Å². The molecule has 0 spiro atoms. The smallest absolute Gasteiger partial charge is 0.226 e. The van der Waals surface area contributed by atoms with E-state index in [-0.39, 0.29) is 18.4 Å². The summed E-state index contributed by atoms with van der Waals surface area (Å²) in [5.41, 5.74) is 9.43. The molecule has 4 N–H and O–H groups in total. The van der Waals surface area contributed by atoms with E-state index in [1.165, 1.54) is 5.56 Å². The second-order valence-corrected chi connectivity index (χ2v) is 7.64. The molecule has 1 aliphatic rings. The predicted molar refractivity (Wildman–Crippen MR) is 103 cm³/mol. The summed E-state index contributed by atoms with van der Waals surface area (Å²) in [6.07, 6.45) is 5.98. The van der Waals surface area contributed by atoms with Crippen molar-refractivity contribution in [1.29, 1.82) is 0 Å². The van der Waals surface area contributed by atoms with E-state index in [9.17, 15) is 4.79 Å². The molecule has 0 aliphatic carbocycles. The summed E-state index contributed by atoms with van der Waals surface area (Å²) in [6, 6.07) is 2.31. The first-order valence-electron chi connectivity index (χ1n) is 8.78. The zero-order valence-electron chi connectivity index (χ0n) is 14.7. The van der Waals surface area contributed by atoms with Gasteiger partial charge in [0.2, 0.25) is 5.91 Å². The van der Waals surface area contributed by atoms with Crippen LogP contribution < -0.4 is 16.4 Å². The van der Waals surface area contributed by atoms with Crippen LogP contribution in [0.2, 0.25) is 0 Å². The van der Waals surface area contributed by atoms with E-state index >= 15 is 0 Å². The lowest BCUT2D eigenvalue weighted by molar-refractivity contribution is -0.121. The monoisotopic (exact) mass is 370 g/mol. The van der Waals surface area contributed by atoms with Crippen molar-refractivity contribution in [2.24, 2.45) is 0 Å². The molecule has 4 heterocycles. The molecule has 1 saturated heterocycles. The molecule has 7 nitrogen and oxygen atoms in total. The number of carbonyl (C=O) groups excluding carboxylic acids is 1. The van der Waals surface area contributed by atoms with E-state index < -0.39 is 0 Å². The highest BCUT2D eigenvalue weighted by atomic mass is 32.1. The van der Waals surface area contributed by atoms with Gasteiger partial charge in [0.25, 0.3) is 0 Å². The number of piperidine rings is 1. The Balaban J connectivity index is 1.58. The maximum atomic E-state index is 12.4. The van der Waals surface area contributed by atoms with Crippen molar-refractivity contribution >= 4 is 28.7 Å². The van der Waals surface area contributed by atoms with Crippen LogP contribution >= 0.6 is 11.3 Å². The number of nitrogens with one attached hydrogen (secondary N) is 2. The first-order valence-corrected chi connectivity index (χ1v) is 9.66. The Morgan fingerprint density at radius 2 is 2.42 bits per heavy atom. The van der Waals surface area contributed by atoms with Crippen molar-refractivity contribution in [2.75, 3.05) is 18.8 Å². The number of hydrogen-bond donors (Lipinski definition) is 3. The molecular formula is C18H22N6OS. The quantitative estimate of drug-likeness (QED) is 0.650. The van der Waals surface area contributed by atoms with E-state index in [0.717, 1.165) is 36.5 Å². The molecule has 1 fully saturated rings. The van der Waals surface area contributed by atoms with Crippen molar-refractivity contribution in [2.45, 2.75) is 32.2 Å². The Hall–Kier alpha value is -2.45. The molecule has 1 aliphatic heterocycles. The number of rotatable bonds is 4. The van der Waals surface area contributed by atoms with Crippen LogP contribution in [0.3, 0.4) is 0 Å². The lowest BCUT2D eigenvalue weighted by atomic mass is 10.1. The Kier molecular flexibility index (Phi) is 4.60. The first-order chi connectivity index (χ1) is 12.6. The maximum Gasteiger partial charge on any atom is 0.226 e. The SMILES string of the molecule is Cc1csc(-c2cnc(N)c3nc(CC(=O)N[C@@H]4CCCNC4)cn23)c1. The van der Waals surface area contributed by atoms with Crippen LogP contribution in [0.5, 0.6) is 0 Å². The van der Waals surface area contributed by atoms with E-state index in [2.05, 4.69) is 39.0 Å². The molecule has 4 rings (SSSR count). The van der Waals surface area contributed by atoms with E-state index in [4.69, 9.17) is 5.73 Å². The first kappa shape index (κ1) is 17.0. The van der Waals surface area contributed by atoms with Crippen LogP contribution in [0.25, 0.3) is 16.2 Å². The van der Waals surface area contributed by atoms with Gasteiger partial charge in [-0.05, 0) is 43.3 Å². The van der Waals surface area contributed by atoms with Gasteiger partial charge in [0.15, 0.2) is 11.5 Å². The predicted octanol–water partition coefficient (Wildman–Crippen LogP) is 1.76. The molecule has 1 atom stereocenters. The summed E-state index contributed by atoms with van der Waals surface area (Å²) in [7, 11) is 0. The topological polar surface area (TPSA) is 97.3 Å². The van der Waals surface area contributed by atoms with Crippen LogP contribution in [-0.2, 0) is 11.2 Å². The molecule has 26 heavy (non-hydrogen) atoms. The highest BCUT2D eigenvalue weighted by Gasteiger charge is 2.18. The average Bonchev–Trinajstić information content (AvgIpc) is 3.23. The van der Waals surface area contributed by atoms with E-state index in [0.29, 0.717) is 17.2 Å². The number of imidazole rings is 1. The summed E-state index contributed by atoms with van der Waals surface area (Å²) >= 11 is 1.65. The fourth-order valence-electron chi connectivity index (χ4n) is 3.30. The third kappa shape index (κ3) is 3.42. The van der Waals surface area contributed by atoms with Gasteiger partial charge in [-0.2, -0.15) is 0 Å². The van der Waals surface area contributed by atoms with Crippen molar-refractivity contribution in [3.63, 3.8) is 0 Å². The molecule has 8 heteroatoms. The Morgan fingerprint density at radius 1 is 1.54 bits per heavy atom. The number of hydrogen-bond acceptors (Lipinski definition) is 6. The zero-order valence-corrected chi connectivity index (χ0v) is 15.5. The van der Waals surface area contributed by atoms with Crippen molar-refractivity contribution in [3.05, 3.63) is 35.1 Å². The summed E-state index contributed by atoms with van der Waals surface area (Å²) in [5.74, 6) is 0.354. The van der Waals surface area contributed by atoms with Crippen molar-refractivity contribution < 1.29 is 4.79 Å². The number of nitrogens with zero attached hydrogens (tertiary/aromatic N) is 3. The number of nitrogen functional groups attached to an aromatic ring is 1. The van der Waals surface area contributed by atoms with Gasteiger partial charge < -0.3 is 16.4 Å². The standard InChI is InChI=1S/C18H22N6OS/c1-11-5-15(26-10-11)14-8-21-17(19)18-23-13(9-24(14)18)6-16(25)22-12-3-2-4-20-7-12/h5,8-10,12,20H,2-4,6-7H2,1H3,(H2,19,21)(H,22,25)/t12-/m1/s1. The molecule has 0 unspecified atom stereocenters. The van der Waals surface area contributed by atoms with Gasteiger partial charge >= 0.3 is 0 Å². The number of thiophene rings is 1. The molecule has 3 aromatic heterocycles. The molecule has 0 radical (unpaired) electrons. The van der Waals surface area contributed by atoms with Gasteiger partial charge in [-0.25, -0.2) is 9.97 Å². The van der Waals surface area contributed by atoms with Crippen molar-refractivity contribution in [3.8, 4) is 10.6 Å². The minimum absolute atomic E-state index is 0.0119. The highest BCUT2D eigenvalue weighted by molar-refractivity contribution is 7.13. The largest absolute Gasteiger partial charge is 0.381 e.